The molecular formula is C25H29N3O. The number of carbonyl (C=O) groups is 1. The number of amides is 1. The van der Waals surface area contributed by atoms with E-state index in [2.05, 4.69) is 71.0 Å². The number of anilines is 1. The van der Waals surface area contributed by atoms with Crippen molar-refractivity contribution in [3.05, 3.63) is 101 Å². The maximum absolute atomic E-state index is 12.4. The van der Waals surface area contributed by atoms with Gasteiger partial charge in [-0.1, -0.05) is 72.3 Å². The topological polar surface area (TPSA) is 44.4 Å². The van der Waals surface area contributed by atoms with Gasteiger partial charge < -0.3 is 10.2 Å². The van der Waals surface area contributed by atoms with E-state index in [0.717, 1.165) is 22.4 Å². The summed E-state index contributed by atoms with van der Waals surface area (Å²) in [5.74, 6) is -0.0188. The summed E-state index contributed by atoms with van der Waals surface area (Å²) in [7, 11) is 4.03. The van der Waals surface area contributed by atoms with E-state index in [-0.39, 0.29) is 18.5 Å². The minimum Gasteiger partial charge on any atom is -0.378 e. The van der Waals surface area contributed by atoms with Crippen LogP contribution in [0.1, 0.15) is 28.3 Å². The standard InChI is InChI=1S/C25H29N3O/c1-19-9-13-22(14-10-19)25(21-7-5-4-6-8-21)27-18-24(29)26-17-20-11-15-23(16-12-20)28(2)3/h4-16,25,27H,17-18H2,1-3H3,(H,26,29)/t25-/m1/s1. The Morgan fingerprint density at radius 1 is 0.862 bits per heavy atom. The molecule has 150 valence electrons. The molecule has 0 bridgehead atoms. The van der Waals surface area contributed by atoms with Crippen LogP contribution in [0.4, 0.5) is 5.69 Å². The zero-order chi connectivity index (χ0) is 20.6. The number of hydrogen-bond donors (Lipinski definition) is 2. The monoisotopic (exact) mass is 387 g/mol. The van der Waals surface area contributed by atoms with Crippen molar-refractivity contribution >= 4 is 11.6 Å². The van der Waals surface area contributed by atoms with Gasteiger partial charge in [0.2, 0.25) is 5.91 Å². The number of hydrogen-bond acceptors (Lipinski definition) is 3. The Kier molecular flexibility index (Phi) is 7.04. The fourth-order valence-corrected chi connectivity index (χ4v) is 3.20. The Balaban J connectivity index is 1.60. The van der Waals surface area contributed by atoms with Crippen LogP contribution in [0, 0.1) is 6.92 Å². The average Bonchev–Trinajstić information content (AvgIpc) is 2.74. The number of rotatable bonds is 8. The van der Waals surface area contributed by atoms with Crippen molar-refractivity contribution in [1.29, 1.82) is 0 Å². The molecule has 1 amide bonds. The third kappa shape index (κ3) is 5.93. The predicted molar refractivity (Wildman–Crippen MR) is 120 cm³/mol. The maximum atomic E-state index is 12.4. The molecule has 2 N–H and O–H groups in total. The van der Waals surface area contributed by atoms with Gasteiger partial charge in [-0.3, -0.25) is 10.1 Å². The van der Waals surface area contributed by atoms with Crippen molar-refractivity contribution in [2.45, 2.75) is 19.5 Å². The summed E-state index contributed by atoms with van der Waals surface area (Å²) in [4.78, 5) is 14.5. The van der Waals surface area contributed by atoms with E-state index < -0.39 is 0 Å². The molecule has 3 rings (SSSR count). The van der Waals surface area contributed by atoms with Crippen molar-refractivity contribution in [3.63, 3.8) is 0 Å². The highest BCUT2D eigenvalue weighted by Gasteiger charge is 2.14. The summed E-state index contributed by atoms with van der Waals surface area (Å²) < 4.78 is 0. The largest absolute Gasteiger partial charge is 0.378 e. The Morgan fingerprint density at radius 3 is 2.10 bits per heavy atom. The van der Waals surface area contributed by atoms with E-state index in [1.165, 1.54) is 5.56 Å². The van der Waals surface area contributed by atoms with Crippen LogP contribution in [0.3, 0.4) is 0 Å². The summed E-state index contributed by atoms with van der Waals surface area (Å²) in [6.07, 6.45) is 0. The van der Waals surface area contributed by atoms with Crippen LogP contribution in [-0.2, 0) is 11.3 Å². The van der Waals surface area contributed by atoms with Gasteiger partial charge in [0, 0.05) is 26.3 Å². The molecule has 29 heavy (non-hydrogen) atoms. The lowest BCUT2D eigenvalue weighted by molar-refractivity contribution is -0.120. The van der Waals surface area contributed by atoms with Gasteiger partial charge in [-0.2, -0.15) is 0 Å². The molecule has 0 aliphatic heterocycles. The molecule has 0 heterocycles. The van der Waals surface area contributed by atoms with Crippen LogP contribution in [0.15, 0.2) is 78.9 Å². The van der Waals surface area contributed by atoms with Crippen molar-refractivity contribution in [2.75, 3.05) is 25.5 Å². The van der Waals surface area contributed by atoms with Crippen molar-refractivity contribution < 1.29 is 4.79 Å². The molecule has 0 aliphatic rings. The van der Waals surface area contributed by atoms with E-state index >= 15 is 0 Å². The summed E-state index contributed by atoms with van der Waals surface area (Å²) in [6, 6.07) is 26.8. The van der Waals surface area contributed by atoms with Gasteiger partial charge in [0.15, 0.2) is 0 Å². The molecule has 0 radical (unpaired) electrons. The first-order valence-electron chi connectivity index (χ1n) is 9.91. The first kappa shape index (κ1) is 20.6. The molecule has 1 atom stereocenters. The lowest BCUT2D eigenvalue weighted by Gasteiger charge is -2.20. The molecule has 0 aromatic heterocycles. The van der Waals surface area contributed by atoms with Crippen LogP contribution in [-0.4, -0.2) is 26.5 Å². The minimum absolute atomic E-state index is 0.0188. The molecular weight excluding hydrogens is 358 g/mol. The van der Waals surface area contributed by atoms with Gasteiger partial charge in [-0.25, -0.2) is 0 Å². The van der Waals surface area contributed by atoms with Gasteiger partial charge in [-0.05, 0) is 35.7 Å². The predicted octanol–water partition coefficient (Wildman–Crippen LogP) is 4.06. The van der Waals surface area contributed by atoms with Crippen LogP contribution in [0.25, 0.3) is 0 Å². The van der Waals surface area contributed by atoms with Crippen LogP contribution < -0.4 is 15.5 Å². The molecule has 4 nitrogen and oxygen atoms in total. The van der Waals surface area contributed by atoms with E-state index in [1.54, 1.807) is 0 Å². The average molecular weight is 388 g/mol. The third-order valence-corrected chi connectivity index (χ3v) is 4.95. The molecule has 0 spiro atoms. The van der Waals surface area contributed by atoms with Gasteiger partial charge in [-0.15, -0.1) is 0 Å². The lowest BCUT2D eigenvalue weighted by atomic mass is 9.98. The molecule has 0 saturated heterocycles. The normalized spacial score (nSPS) is 11.7. The number of benzene rings is 3. The highest BCUT2D eigenvalue weighted by molar-refractivity contribution is 5.78. The van der Waals surface area contributed by atoms with E-state index in [1.807, 2.05) is 44.4 Å². The van der Waals surface area contributed by atoms with E-state index in [4.69, 9.17) is 0 Å². The summed E-state index contributed by atoms with van der Waals surface area (Å²) in [6.45, 7) is 2.85. The van der Waals surface area contributed by atoms with E-state index in [0.29, 0.717) is 6.54 Å². The fraction of sp³-hybridized carbons (Fsp3) is 0.240. The second-order valence-corrected chi connectivity index (χ2v) is 7.47. The third-order valence-electron chi connectivity index (χ3n) is 4.95. The Hall–Kier alpha value is -3.11. The Morgan fingerprint density at radius 2 is 1.48 bits per heavy atom. The lowest BCUT2D eigenvalue weighted by Crippen LogP contribution is -2.35. The summed E-state index contributed by atoms with van der Waals surface area (Å²) >= 11 is 0. The molecule has 0 fully saturated rings. The number of nitrogens with zero attached hydrogens (tertiary/aromatic N) is 1. The van der Waals surface area contributed by atoms with Gasteiger partial charge in [0.1, 0.15) is 0 Å². The molecule has 0 aliphatic carbocycles. The van der Waals surface area contributed by atoms with Crippen LogP contribution in [0.5, 0.6) is 0 Å². The maximum Gasteiger partial charge on any atom is 0.234 e. The van der Waals surface area contributed by atoms with Crippen molar-refractivity contribution in [3.8, 4) is 0 Å². The van der Waals surface area contributed by atoms with Crippen molar-refractivity contribution in [1.82, 2.24) is 10.6 Å². The molecule has 3 aromatic rings. The summed E-state index contributed by atoms with van der Waals surface area (Å²) in [5, 5.41) is 6.41. The molecule has 3 aromatic carbocycles. The van der Waals surface area contributed by atoms with E-state index in [9.17, 15) is 4.79 Å². The first-order valence-corrected chi connectivity index (χ1v) is 9.91. The first-order chi connectivity index (χ1) is 14.0. The highest BCUT2D eigenvalue weighted by atomic mass is 16.1. The number of carbonyl (C=O) groups excluding carboxylic acids is 1. The smallest absolute Gasteiger partial charge is 0.234 e. The fourth-order valence-electron chi connectivity index (χ4n) is 3.20. The quantitative estimate of drug-likeness (QED) is 0.613. The Labute approximate surface area is 173 Å². The molecule has 4 heteroatoms. The zero-order valence-corrected chi connectivity index (χ0v) is 17.4. The van der Waals surface area contributed by atoms with Gasteiger partial charge >= 0.3 is 0 Å². The zero-order valence-electron chi connectivity index (χ0n) is 17.4. The van der Waals surface area contributed by atoms with Gasteiger partial charge in [0.05, 0.1) is 12.6 Å². The molecule has 0 saturated carbocycles. The van der Waals surface area contributed by atoms with Crippen LogP contribution >= 0.6 is 0 Å². The second-order valence-electron chi connectivity index (χ2n) is 7.47. The Bertz CT molecular complexity index is 903. The SMILES string of the molecule is Cc1ccc([C@H](NCC(=O)NCc2ccc(N(C)C)cc2)c2ccccc2)cc1. The number of aryl methyl sites for hydroxylation is 1. The van der Waals surface area contributed by atoms with Gasteiger partial charge in [0.25, 0.3) is 0 Å². The molecule has 0 unspecified atom stereocenters. The number of nitrogens with one attached hydrogen (secondary N) is 2. The second kappa shape index (κ2) is 9.89. The minimum atomic E-state index is -0.0260. The van der Waals surface area contributed by atoms with Crippen molar-refractivity contribution in [2.24, 2.45) is 0 Å². The summed E-state index contributed by atoms with van der Waals surface area (Å²) in [5.41, 5.74) is 5.74. The van der Waals surface area contributed by atoms with Crippen LogP contribution in [0.2, 0.25) is 0 Å². The highest BCUT2D eigenvalue weighted by Crippen LogP contribution is 2.22.